The number of halogens is 1. The van der Waals surface area contributed by atoms with Crippen molar-refractivity contribution in [3.63, 3.8) is 0 Å². The quantitative estimate of drug-likeness (QED) is 0.534. The van der Waals surface area contributed by atoms with Gasteiger partial charge in [0.1, 0.15) is 11.6 Å². The SMILES string of the molecule is N#CC1=C(n2cccc2)N(c2cccc(F)c2)C2=C(C(=O)CCC2)[C@@H]1c1ccc2c(c1)OCO2. The van der Waals surface area contributed by atoms with Gasteiger partial charge in [0.05, 0.1) is 23.2 Å². The van der Waals surface area contributed by atoms with E-state index >= 15 is 0 Å². The normalized spacial score (nSPS) is 19.4. The van der Waals surface area contributed by atoms with Crippen molar-refractivity contribution >= 4 is 17.3 Å². The van der Waals surface area contributed by atoms with Crippen LogP contribution in [0.15, 0.2) is 83.8 Å². The fourth-order valence-electron chi connectivity index (χ4n) is 5.09. The van der Waals surface area contributed by atoms with Gasteiger partial charge in [-0.3, -0.25) is 9.69 Å². The van der Waals surface area contributed by atoms with Gasteiger partial charge in [-0.1, -0.05) is 12.1 Å². The molecule has 0 N–H and O–H groups in total. The Labute approximate surface area is 195 Å². The second kappa shape index (κ2) is 7.92. The summed E-state index contributed by atoms with van der Waals surface area (Å²) < 4.78 is 27.2. The van der Waals surface area contributed by atoms with Crippen molar-refractivity contribution < 1.29 is 18.7 Å². The van der Waals surface area contributed by atoms with Crippen molar-refractivity contribution in [2.24, 2.45) is 0 Å². The summed E-state index contributed by atoms with van der Waals surface area (Å²) in [6.07, 6.45) is 5.45. The van der Waals surface area contributed by atoms with Crippen molar-refractivity contribution in [2.45, 2.75) is 25.2 Å². The highest BCUT2D eigenvalue weighted by Crippen LogP contribution is 2.50. The Hall–Kier alpha value is -4.31. The number of carbonyl (C=O) groups is 1. The molecule has 0 saturated carbocycles. The number of rotatable bonds is 3. The number of aromatic nitrogens is 1. The highest BCUT2D eigenvalue weighted by molar-refractivity contribution is 6.03. The maximum absolute atomic E-state index is 14.3. The fraction of sp³-hybridized carbons (Fsp3) is 0.185. The minimum Gasteiger partial charge on any atom is -0.454 e. The third kappa shape index (κ3) is 3.11. The van der Waals surface area contributed by atoms with Crippen LogP contribution in [0.4, 0.5) is 10.1 Å². The summed E-state index contributed by atoms with van der Waals surface area (Å²) in [5, 5.41) is 10.5. The zero-order valence-corrected chi connectivity index (χ0v) is 18.2. The largest absolute Gasteiger partial charge is 0.454 e. The Morgan fingerprint density at radius 3 is 2.62 bits per heavy atom. The lowest BCUT2D eigenvalue weighted by Crippen LogP contribution is -2.36. The average molecular weight is 453 g/mol. The number of carbonyl (C=O) groups excluding carboxylic acids is 1. The van der Waals surface area contributed by atoms with E-state index in [0.29, 0.717) is 53.4 Å². The van der Waals surface area contributed by atoms with Crippen LogP contribution in [0.25, 0.3) is 5.82 Å². The molecule has 2 aromatic carbocycles. The van der Waals surface area contributed by atoms with Gasteiger partial charge in [0, 0.05) is 30.1 Å². The highest BCUT2D eigenvalue weighted by atomic mass is 19.1. The molecule has 6 rings (SSSR count). The lowest BCUT2D eigenvalue weighted by molar-refractivity contribution is -0.116. The molecule has 0 fully saturated rings. The van der Waals surface area contributed by atoms with E-state index in [1.807, 2.05) is 52.2 Å². The number of fused-ring (bicyclic) bond motifs is 1. The number of nitrogens with zero attached hydrogens (tertiary/aromatic N) is 3. The Balaban J connectivity index is 1.65. The molecule has 3 aromatic rings. The summed E-state index contributed by atoms with van der Waals surface area (Å²) in [5.74, 6) is 0.877. The van der Waals surface area contributed by atoms with Gasteiger partial charge in [-0.2, -0.15) is 5.26 Å². The molecule has 6 nitrogen and oxygen atoms in total. The van der Waals surface area contributed by atoms with Crippen LogP contribution in [-0.4, -0.2) is 17.1 Å². The predicted octanol–water partition coefficient (Wildman–Crippen LogP) is 5.36. The Morgan fingerprint density at radius 2 is 1.82 bits per heavy atom. The Kier molecular flexibility index (Phi) is 4.73. The first-order chi connectivity index (χ1) is 16.7. The van der Waals surface area contributed by atoms with Crippen LogP contribution < -0.4 is 14.4 Å². The second-order valence-electron chi connectivity index (χ2n) is 8.44. The summed E-state index contributed by atoms with van der Waals surface area (Å²) in [4.78, 5) is 15.3. The number of benzene rings is 2. The summed E-state index contributed by atoms with van der Waals surface area (Å²) >= 11 is 0. The van der Waals surface area contributed by atoms with E-state index in [9.17, 15) is 14.4 Å². The van der Waals surface area contributed by atoms with Crippen molar-refractivity contribution in [3.8, 4) is 17.6 Å². The molecule has 0 saturated heterocycles. The van der Waals surface area contributed by atoms with Crippen LogP contribution in [0, 0.1) is 17.1 Å². The number of nitriles is 1. The molecule has 0 unspecified atom stereocenters. The third-order valence-electron chi connectivity index (χ3n) is 6.49. The van der Waals surface area contributed by atoms with E-state index in [-0.39, 0.29) is 18.4 Å². The molecule has 3 heterocycles. The molecule has 3 aliphatic rings. The molecule has 0 bridgehead atoms. The molecular weight excluding hydrogens is 433 g/mol. The average Bonchev–Trinajstić information content (AvgIpc) is 3.54. The van der Waals surface area contributed by atoms with Crippen LogP contribution in [0.1, 0.15) is 30.7 Å². The number of hydrogen-bond donors (Lipinski definition) is 0. The molecule has 1 aromatic heterocycles. The van der Waals surface area contributed by atoms with Crippen molar-refractivity contribution in [1.29, 1.82) is 5.26 Å². The smallest absolute Gasteiger partial charge is 0.231 e. The van der Waals surface area contributed by atoms with Crippen molar-refractivity contribution in [3.05, 3.63) is 95.2 Å². The van der Waals surface area contributed by atoms with Crippen LogP contribution in [-0.2, 0) is 4.79 Å². The molecular formula is C27H20FN3O3. The Morgan fingerprint density at radius 1 is 1.00 bits per heavy atom. The number of ether oxygens (including phenoxy) is 2. The van der Waals surface area contributed by atoms with Gasteiger partial charge in [-0.05, 0) is 60.9 Å². The maximum atomic E-state index is 14.3. The van der Waals surface area contributed by atoms with E-state index in [1.54, 1.807) is 12.1 Å². The molecule has 168 valence electrons. The van der Waals surface area contributed by atoms with E-state index in [1.165, 1.54) is 12.1 Å². The van der Waals surface area contributed by atoms with Gasteiger partial charge in [0.2, 0.25) is 6.79 Å². The number of anilines is 1. The minimum absolute atomic E-state index is 0.00428. The fourth-order valence-corrected chi connectivity index (χ4v) is 5.09. The monoisotopic (exact) mass is 453 g/mol. The van der Waals surface area contributed by atoms with E-state index in [0.717, 1.165) is 11.3 Å². The van der Waals surface area contributed by atoms with Gasteiger partial charge in [0.15, 0.2) is 17.3 Å². The van der Waals surface area contributed by atoms with Gasteiger partial charge >= 0.3 is 0 Å². The van der Waals surface area contributed by atoms with Crippen LogP contribution in [0.5, 0.6) is 11.5 Å². The molecule has 1 atom stereocenters. The van der Waals surface area contributed by atoms with E-state index in [4.69, 9.17) is 9.47 Å². The zero-order chi connectivity index (χ0) is 23.2. The summed E-state index contributed by atoms with van der Waals surface area (Å²) in [6.45, 7) is 0.138. The van der Waals surface area contributed by atoms with E-state index in [2.05, 4.69) is 6.07 Å². The molecule has 2 aliphatic heterocycles. The van der Waals surface area contributed by atoms with Crippen molar-refractivity contribution in [1.82, 2.24) is 4.57 Å². The number of allylic oxidation sites excluding steroid dienone is 3. The highest BCUT2D eigenvalue weighted by Gasteiger charge is 2.42. The van der Waals surface area contributed by atoms with Gasteiger partial charge in [-0.25, -0.2) is 4.39 Å². The van der Waals surface area contributed by atoms with Crippen LogP contribution in [0.3, 0.4) is 0 Å². The molecule has 34 heavy (non-hydrogen) atoms. The van der Waals surface area contributed by atoms with E-state index < -0.39 is 5.92 Å². The first-order valence-electron chi connectivity index (χ1n) is 11.1. The molecule has 7 heteroatoms. The summed E-state index contributed by atoms with van der Waals surface area (Å²) in [6, 6.07) is 17.9. The molecule has 0 radical (unpaired) electrons. The molecule has 0 amide bonds. The topological polar surface area (TPSA) is 67.5 Å². The lowest BCUT2D eigenvalue weighted by atomic mass is 9.75. The zero-order valence-electron chi connectivity index (χ0n) is 18.2. The molecule has 0 spiro atoms. The maximum Gasteiger partial charge on any atom is 0.231 e. The van der Waals surface area contributed by atoms with Gasteiger partial charge in [0.25, 0.3) is 0 Å². The molecule has 1 aliphatic carbocycles. The lowest BCUT2D eigenvalue weighted by Gasteiger charge is -2.41. The van der Waals surface area contributed by atoms with Gasteiger partial charge in [-0.15, -0.1) is 0 Å². The summed E-state index contributed by atoms with van der Waals surface area (Å²) in [5.41, 5.74) is 3.15. The van der Waals surface area contributed by atoms with Crippen LogP contribution in [0.2, 0.25) is 0 Å². The first kappa shape index (κ1) is 20.3. The number of Topliss-reactive ketones (excluding diaryl/α,β-unsaturated/α-hetero) is 1. The van der Waals surface area contributed by atoms with Gasteiger partial charge < -0.3 is 14.0 Å². The summed E-state index contributed by atoms with van der Waals surface area (Å²) in [7, 11) is 0. The second-order valence-corrected chi connectivity index (χ2v) is 8.44. The Bertz CT molecular complexity index is 1420. The standard InChI is InChI=1S/C27H20FN3O3/c28-18-5-3-6-19(14-18)31-21-7-4-8-22(32)26(21)25(17-9-10-23-24(13-17)34-16-33-23)20(15-29)27(31)30-11-1-2-12-30/h1-3,5-6,9-14,25H,4,7-8,16H2/t25-/m1/s1. The number of hydrogen-bond acceptors (Lipinski definition) is 5. The van der Waals surface area contributed by atoms with Crippen molar-refractivity contribution in [2.75, 3.05) is 11.7 Å². The first-order valence-corrected chi connectivity index (χ1v) is 11.1. The predicted molar refractivity (Wildman–Crippen MR) is 123 cm³/mol. The minimum atomic E-state index is -0.565. The third-order valence-corrected chi connectivity index (χ3v) is 6.49. The van der Waals surface area contributed by atoms with Crippen LogP contribution >= 0.6 is 0 Å². The number of ketones is 1.